The fourth-order valence-electron chi connectivity index (χ4n) is 2.86. The maximum Gasteiger partial charge on any atom is 0.220 e. The van der Waals surface area contributed by atoms with E-state index in [2.05, 4.69) is 0 Å². The maximum absolute atomic E-state index is 13.0. The number of methoxy groups -OCH3 is 1. The first-order valence-corrected chi connectivity index (χ1v) is 8.42. The predicted octanol–water partition coefficient (Wildman–Crippen LogP) is 2.14. The van der Waals surface area contributed by atoms with E-state index in [1.165, 1.54) is 6.92 Å². The van der Waals surface area contributed by atoms with E-state index in [1.807, 2.05) is 51.4 Å². The van der Waals surface area contributed by atoms with E-state index in [-0.39, 0.29) is 17.6 Å². The summed E-state index contributed by atoms with van der Waals surface area (Å²) in [5.74, 6) is 0.797. The van der Waals surface area contributed by atoms with Crippen molar-refractivity contribution < 1.29 is 19.2 Å². The lowest BCUT2D eigenvalue weighted by molar-refractivity contribution is -0.874. The van der Waals surface area contributed by atoms with Gasteiger partial charge in [-0.3, -0.25) is 9.59 Å². The van der Waals surface area contributed by atoms with Gasteiger partial charge in [0.25, 0.3) is 0 Å². The van der Waals surface area contributed by atoms with E-state index in [9.17, 15) is 9.59 Å². The molecule has 0 aliphatic rings. The third-order valence-corrected chi connectivity index (χ3v) is 4.46. The number of ether oxygens (including phenoxy) is 1. The molecule has 0 aromatic heterocycles. The lowest BCUT2D eigenvalue weighted by Gasteiger charge is -2.21. The molecular formula is C21H26NO3+. The number of benzene rings is 2. The molecular weight excluding hydrogens is 314 g/mol. The highest BCUT2D eigenvalue weighted by Gasteiger charge is 2.27. The van der Waals surface area contributed by atoms with Gasteiger partial charge < -0.3 is 9.64 Å². The standard InChI is InChI=1S/C21H25NO3/c1-14-6-8-16(9-7-14)21(24)19(22(3)4)13-18-12-17(15(2)23)10-11-20(18)25-5/h6-12,19H,13H2,1-5H3/p+1/t19-/m1/s1. The normalized spacial score (nSPS) is 12.1. The molecule has 0 bridgehead atoms. The summed E-state index contributed by atoms with van der Waals surface area (Å²) in [7, 11) is 5.54. The van der Waals surface area contributed by atoms with Gasteiger partial charge in [-0.1, -0.05) is 29.8 Å². The third kappa shape index (κ3) is 4.54. The van der Waals surface area contributed by atoms with Gasteiger partial charge in [0.15, 0.2) is 11.8 Å². The lowest BCUT2D eigenvalue weighted by Crippen LogP contribution is -3.11. The van der Waals surface area contributed by atoms with Gasteiger partial charge in [0.05, 0.1) is 21.2 Å². The number of Topliss-reactive ketones (excluding diaryl/α,β-unsaturated/α-hetero) is 2. The van der Waals surface area contributed by atoms with Gasteiger partial charge in [0.2, 0.25) is 5.78 Å². The Labute approximate surface area is 149 Å². The summed E-state index contributed by atoms with van der Waals surface area (Å²) in [6.07, 6.45) is 0.513. The van der Waals surface area contributed by atoms with Crippen LogP contribution < -0.4 is 9.64 Å². The zero-order chi connectivity index (χ0) is 18.6. The summed E-state index contributed by atoms with van der Waals surface area (Å²) < 4.78 is 5.43. The first kappa shape index (κ1) is 18.9. The van der Waals surface area contributed by atoms with Gasteiger partial charge in [-0.25, -0.2) is 0 Å². The zero-order valence-corrected chi connectivity index (χ0v) is 15.6. The van der Waals surface area contributed by atoms with Crippen LogP contribution in [-0.4, -0.2) is 38.8 Å². The summed E-state index contributed by atoms with van der Waals surface area (Å²) in [4.78, 5) is 25.7. The smallest absolute Gasteiger partial charge is 0.220 e. The molecule has 4 nitrogen and oxygen atoms in total. The second-order valence-electron chi connectivity index (χ2n) is 6.65. The van der Waals surface area contributed by atoms with Crippen molar-refractivity contribution in [2.24, 2.45) is 0 Å². The summed E-state index contributed by atoms with van der Waals surface area (Å²) >= 11 is 0. The summed E-state index contributed by atoms with van der Waals surface area (Å²) in [6.45, 7) is 3.54. The Bertz CT molecular complexity index is 763. The molecule has 4 heteroatoms. The molecule has 1 atom stereocenters. The van der Waals surface area contributed by atoms with Crippen LogP contribution in [0.15, 0.2) is 42.5 Å². The van der Waals surface area contributed by atoms with Crippen molar-refractivity contribution in [3.8, 4) is 5.75 Å². The van der Waals surface area contributed by atoms with Crippen molar-refractivity contribution in [2.75, 3.05) is 21.2 Å². The van der Waals surface area contributed by atoms with Crippen LogP contribution in [0.1, 0.15) is 38.8 Å². The van der Waals surface area contributed by atoms with Crippen molar-refractivity contribution in [1.29, 1.82) is 0 Å². The Morgan fingerprint density at radius 2 is 1.64 bits per heavy atom. The molecule has 2 aromatic rings. The average Bonchev–Trinajstić information content (AvgIpc) is 2.59. The molecule has 2 rings (SSSR count). The molecule has 0 aliphatic carbocycles. The van der Waals surface area contributed by atoms with Crippen molar-refractivity contribution in [2.45, 2.75) is 26.3 Å². The summed E-state index contributed by atoms with van der Waals surface area (Å²) in [5.41, 5.74) is 3.34. The minimum atomic E-state index is -0.251. The molecule has 0 saturated heterocycles. The van der Waals surface area contributed by atoms with Crippen LogP contribution >= 0.6 is 0 Å². The summed E-state index contributed by atoms with van der Waals surface area (Å²) in [6, 6.07) is 12.8. The van der Waals surface area contributed by atoms with Gasteiger partial charge >= 0.3 is 0 Å². The van der Waals surface area contributed by atoms with Crippen molar-refractivity contribution >= 4 is 11.6 Å². The molecule has 25 heavy (non-hydrogen) atoms. The molecule has 0 spiro atoms. The number of rotatable bonds is 7. The number of carbonyl (C=O) groups excluding carboxylic acids is 2. The van der Waals surface area contributed by atoms with Crippen LogP contribution in [0.5, 0.6) is 5.75 Å². The highest BCUT2D eigenvalue weighted by molar-refractivity contribution is 5.99. The van der Waals surface area contributed by atoms with Gasteiger partial charge in [0, 0.05) is 23.1 Å². The fraction of sp³-hybridized carbons (Fsp3) is 0.333. The molecule has 0 saturated carbocycles. The molecule has 0 unspecified atom stereocenters. The predicted molar refractivity (Wildman–Crippen MR) is 98.8 cm³/mol. The van der Waals surface area contributed by atoms with Crippen molar-refractivity contribution in [1.82, 2.24) is 0 Å². The first-order chi connectivity index (χ1) is 11.8. The topological polar surface area (TPSA) is 47.8 Å². The minimum Gasteiger partial charge on any atom is -0.496 e. The first-order valence-electron chi connectivity index (χ1n) is 8.42. The minimum absolute atomic E-state index is 0.00233. The Kier molecular flexibility index (Phi) is 6.10. The van der Waals surface area contributed by atoms with E-state index >= 15 is 0 Å². The number of quaternary nitrogens is 1. The average molecular weight is 340 g/mol. The molecule has 132 valence electrons. The van der Waals surface area contributed by atoms with Gasteiger partial charge in [-0.2, -0.15) is 0 Å². The van der Waals surface area contributed by atoms with E-state index in [4.69, 9.17) is 4.74 Å². The van der Waals surface area contributed by atoms with E-state index in [1.54, 1.807) is 19.2 Å². The third-order valence-electron chi connectivity index (χ3n) is 4.46. The highest BCUT2D eigenvalue weighted by atomic mass is 16.5. The lowest BCUT2D eigenvalue weighted by atomic mass is 9.94. The van der Waals surface area contributed by atoms with Crippen LogP contribution in [0.4, 0.5) is 0 Å². The second-order valence-corrected chi connectivity index (χ2v) is 6.65. The van der Waals surface area contributed by atoms with E-state index in [0.717, 1.165) is 16.0 Å². The van der Waals surface area contributed by atoms with Crippen LogP contribution in [0.2, 0.25) is 0 Å². The number of hydrogen-bond acceptors (Lipinski definition) is 3. The van der Waals surface area contributed by atoms with Gasteiger partial charge in [-0.15, -0.1) is 0 Å². The quantitative estimate of drug-likeness (QED) is 0.786. The Hall–Kier alpha value is -2.46. The van der Waals surface area contributed by atoms with Crippen LogP contribution in [-0.2, 0) is 6.42 Å². The SMILES string of the molecule is COc1ccc(C(C)=O)cc1C[C@H](C(=O)c1ccc(C)cc1)[NH+](C)C. The Balaban J connectivity index is 2.36. The molecule has 1 N–H and O–H groups in total. The highest BCUT2D eigenvalue weighted by Crippen LogP contribution is 2.22. The Morgan fingerprint density at radius 3 is 2.16 bits per heavy atom. The number of ketones is 2. The molecule has 0 fully saturated rings. The van der Waals surface area contributed by atoms with Gasteiger partial charge in [0.1, 0.15) is 5.75 Å². The second kappa shape index (κ2) is 8.08. The largest absolute Gasteiger partial charge is 0.496 e. The van der Waals surface area contributed by atoms with Crippen LogP contribution in [0.3, 0.4) is 0 Å². The monoisotopic (exact) mass is 340 g/mol. The molecule has 0 amide bonds. The number of nitrogens with one attached hydrogen (secondary N) is 1. The molecule has 0 aliphatic heterocycles. The Morgan fingerprint density at radius 1 is 1.04 bits per heavy atom. The van der Waals surface area contributed by atoms with Crippen LogP contribution in [0, 0.1) is 6.92 Å². The van der Waals surface area contributed by atoms with Crippen molar-refractivity contribution in [3.05, 3.63) is 64.7 Å². The number of carbonyl (C=O) groups is 2. The molecule has 0 heterocycles. The maximum atomic E-state index is 13.0. The van der Waals surface area contributed by atoms with E-state index in [0.29, 0.717) is 23.3 Å². The number of likely N-dealkylation sites (N-methyl/N-ethyl adjacent to an activating group) is 1. The fourth-order valence-corrected chi connectivity index (χ4v) is 2.86. The molecule has 0 radical (unpaired) electrons. The zero-order valence-electron chi connectivity index (χ0n) is 15.6. The molecule has 2 aromatic carbocycles. The summed E-state index contributed by atoms with van der Waals surface area (Å²) in [5, 5.41) is 0. The number of hydrogen-bond donors (Lipinski definition) is 1. The van der Waals surface area contributed by atoms with Crippen LogP contribution in [0.25, 0.3) is 0 Å². The number of aryl methyl sites for hydroxylation is 1. The van der Waals surface area contributed by atoms with Crippen molar-refractivity contribution in [3.63, 3.8) is 0 Å². The van der Waals surface area contributed by atoms with Gasteiger partial charge in [-0.05, 0) is 32.0 Å². The van der Waals surface area contributed by atoms with E-state index < -0.39 is 0 Å².